The van der Waals surface area contributed by atoms with E-state index in [4.69, 9.17) is 0 Å². The number of aromatic amines is 1. The van der Waals surface area contributed by atoms with Gasteiger partial charge in [-0.25, -0.2) is 18.1 Å². The number of nitrogens with one attached hydrogen (secondary N) is 3. The Morgan fingerprint density at radius 3 is 2.54 bits per heavy atom. The predicted molar refractivity (Wildman–Crippen MR) is 98.9 cm³/mol. The van der Waals surface area contributed by atoms with Crippen molar-refractivity contribution >= 4 is 27.0 Å². The number of fused-ring (bicyclic) bond motifs is 1. The summed E-state index contributed by atoms with van der Waals surface area (Å²) in [6.45, 7) is 1.85. The first-order valence-corrected chi connectivity index (χ1v) is 9.73. The molecule has 0 bridgehead atoms. The molecule has 0 saturated carbocycles. The summed E-state index contributed by atoms with van der Waals surface area (Å²) in [5, 5.41) is 2.82. The van der Waals surface area contributed by atoms with Crippen molar-refractivity contribution in [3.05, 3.63) is 60.4 Å². The van der Waals surface area contributed by atoms with E-state index in [1.54, 1.807) is 18.2 Å². The Hall–Kier alpha value is -2.71. The summed E-state index contributed by atoms with van der Waals surface area (Å²) in [5.41, 5.74) is 1.73. The van der Waals surface area contributed by atoms with Gasteiger partial charge in [-0.3, -0.25) is 4.79 Å². The number of para-hydroxylation sites is 2. The highest BCUT2D eigenvalue weighted by atomic mass is 32.2. The van der Waals surface area contributed by atoms with Crippen molar-refractivity contribution in [2.75, 3.05) is 6.54 Å². The lowest BCUT2D eigenvalue weighted by molar-refractivity contribution is -0.121. The van der Waals surface area contributed by atoms with E-state index in [0.717, 1.165) is 11.0 Å². The SMILES string of the molecule is CC(NC(=O)CCNS(=O)(=O)c1ccccc1)c1nc2ccccc2[nH]1. The lowest BCUT2D eigenvalue weighted by Crippen LogP contribution is -2.32. The van der Waals surface area contributed by atoms with Crippen molar-refractivity contribution in [1.29, 1.82) is 0 Å². The van der Waals surface area contributed by atoms with Crippen LogP contribution >= 0.6 is 0 Å². The van der Waals surface area contributed by atoms with E-state index in [0.29, 0.717) is 5.82 Å². The number of imidazole rings is 1. The van der Waals surface area contributed by atoms with Crippen LogP contribution in [-0.2, 0) is 14.8 Å². The molecule has 0 aliphatic rings. The van der Waals surface area contributed by atoms with Crippen LogP contribution in [0.15, 0.2) is 59.5 Å². The lowest BCUT2D eigenvalue weighted by atomic mass is 10.3. The minimum atomic E-state index is -3.60. The Bertz CT molecular complexity index is 966. The second-order valence-corrected chi connectivity index (χ2v) is 7.66. The van der Waals surface area contributed by atoms with Gasteiger partial charge >= 0.3 is 0 Å². The molecule has 0 fully saturated rings. The summed E-state index contributed by atoms with van der Waals surface area (Å²) in [7, 11) is -3.60. The van der Waals surface area contributed by atoms with Crippen LogP contribution in [0.1, 0.15) is 25.2 Å². The first-order chi connectivity index (χ1) is 12.5. The van der Waals surface area contributed by atoms with E-state index in [1.807, 2.05) is 31.2 Å². The van der Waals surface area contributed by atoms with Crippen molar-refractivity contribution in [1.82, 2.24) is 20.0 Å². The van der Waals surface area contributed by atoms with E-state index in [1.165, 1.54) is 12.1 Å². The number of benzene rings is 2. The van der Waals surface area contributed by atoms with E-state index in [-0.39, 0.29) is 29.8 Å². The van der Waals surface area contributed by atoms with Gasteiger partial charge in [0.2, 0.25) is 15.9 Å². The molecule has 136 valence electrons. The fraction of sp³-hybridized carbons (Fsp3) is 0.222. The third kappa shape index (κ3) is 4.27. The highest BCUT2D eigenvalue weighted by Gasteiger charge is 2.16. The maximum Gasteiger partial charge on any atom is 0.240 e. The van der Waals surface area contributed by atoms with Crippen molar-refractivity contribution in [2.45, 2.75) is 24.3 Å². The van der Waals surface area contributed by atoms with Crippen LogP contribution in [0.2, 0.25) is 0 Å². The van der Waals surface area contributed by atoms with Gasteiger partial charge in [-0.1, -0.05) is 30.3 Å². The van der Waals surface area contributed by atoms with Crippen LogP contribution < -0.4 is 10.0 Å². The van der Waals surface area contributed by atoms with Crippen LogP contribution in [-0.4, -0.2) is 30.8 Å². The first-order valence-electron chi connectivity index (χ1n) is 8.24. The average molecular weight is 372 g/mol. The zero-order chi connectivity index (χ0) is 18.6. The van der Waals surface area contributed by atoms with Crippen LogP contribution in [0.5, 0.6) is 0 Å². The summed E-state index contributed by atoms with van der Waals surface area (Å²) in [4.78, 5) is 19.9. The van der Waals surface area contributed by atoms with Crippen molar-refractivity contribution in [2.24, 2.45) is 0 Å². The highest BCUT2D eigenvalue weighted by molar-refractivity contribution is 7.89. The third-order valence-corrected chi connectivity index (χ3v) is 5.37. The molecule has 3 N–H and O–H groups in total. The molecule has 1 atom stereocenters. The topological polar surface area (TPSA) is 104 Å². The summed E-state index contributed by atoms with van der Waals surface area (Å²) in [6.07, 6.45) is 0.0383. The summed E-state index contributed by atoms with van der Waals surface area (Å²) < 4.78 is 26.6. The van der Waals surface area contributed by atoms with Crippen LogP contribution in [0.25, 0.3) is 11.0 Å². The van der Waals surface area contributed by atoms with Gasteiger partial charge in [0.25, 0.3) is 0 Å². The molecule has 2 aromatic carbocycles. The van der Waals surface area contributed by atoms with E-state index in [9.17, 15) is 13.2 Å². The smallest absolute Gasteiger partial charge is 0.240 e. The number of aromatic nitrogens is 2. The number of hydrogen-bond acceptors (Lipinski definition) is 4. The lowest BCUT2D eigenvalue weighted by Gasteiger charge is -2.12. The molecule has 0 spiro atoms. The van der Waals surface area contributed by atoms with Crippen LogP contribution in [0.3, 0.4) is 0 Å². The molecule has 0 radical (unpaired) electrons. The molecule has 1 unspecified atom stereocenters. The maximum atomic E-state index is 12.1. The van der Waals surface area contributed by atoms with Gasteiger partial charge in [-0.2, -0.15) is 0 Å². The Labute approximate surface area is 151 Å². The molecule has 7 nitrogen and oxygen atoms in total. The number of H-pyrrole nitrogens is 1. The molecule has 3 aromatic rings. The second kappa shape index (κ2) is 7.67. The number of amides is 1. The van der Waals surface area contributed by atoms with Crippen molar-refractivity contribution in [3.8, 4) is 0 Å². The van der Waals surface area contributed by atoms with Gasteiger partial charge in [0.05, 0.1) is 22.0 Å². The summed E-state index contributed by atoms with van der Waals surface area (Å²) in [6, 6.07) is 15.4. The average Bonchev–Trinajstić information content (AvgIpc) is 3.06. The molecule has 0 aliphatic heterocycles. The fourth-order valence-electron chi connectivity index (χ4n) is 2.54. The molecule has 0 saturated heterocycles. The van der Waals surface area contributed by atoms with Gasteiger partial charge in [0, 0.05) is 13.0 Å². The quantitative estimate of drug-likeness (QED) is 0.591. The molecule has 1 amide bonds. The zero-order valence-corrected chi connectivity index (χ0v) is 15.1. The second-order valence-electron chi connectivity index (χ2n) is 5.89. The van der Waals surface area contributed by atoms with Gasteiger partial charge in [0.1, 0.15) is 5.82 Å². The van der Waals surface area contributed by atoms with Gasteiger partial charge < -0.3 is 10.3 Å². The minimum absolute atomic E-state index is 0.0237. The molecule has 0 aliphatic carbocycles. The first kappa shape index (κ1) is 18.1. The van der Waals surface area contributed by atoms with E-state index < -0.39 is 10.0 Å². The number of nitrogens with zero attached hydrogens (tertiary/aromatic N) is 1. The summed E-state index contributed by atoms with van der Waals surface area (Å²) >= 11 is 0. The fourth-order valence-corrected chi connectivity index (χ4v) is 3.59. The number of carbonyl (C=O) groups excluding carboxylic acids is 1. The van der Waals surface area contributed by atoms with Crippen LogP contribution in [0, 0.1) is 0 Å². The largest absolute Gasteiger partial charge is 0.346 e. The molecular weight excluding hydrogens is 352 g/mol. The Balaban J connectivity index is 1.52. The minimum Gasteiger partial charge on any atom is -0.346 e. The number of rotatable bonds is 7. The molecule has 1 heterocycles. The third-order valence-electron chi connectivity index (χ3n) is 3.89. The molecule has 3 rings (SSSR count). The summed E-state index contributed by atoms with van der Waals surface area (Å²) in [5.74, 6) is 0.401. The van der Waals surface area contributed by atoms with E-state index >= 15 is 0 Å². The highest BCUT2D eigenvalue weighted by Crippen LogP contribution is 2.15. The number of carbonyl (C=O) groups is 1. The van der Waals surface area contributed by atoms with Crippen molar-refractivity contribution < 1.29 is 13.2 Å². The maximum absolute atomic E-state index is 12.1. The van der Waals surface area contributed by atoms with Gasteiger partial charge in [-0.15, -0.1) is 0 Å². The predicted octanol–water partition coefficient (Wildman–Crippen LogP) is 2.11. The standard InChI is InChI=1S/C18H20N4O3S/c1-13(18-21-15-9-5-6-10-16(15)22-18)20-17(23)11-12-19-26(24,25)14-7-3-2-4-8-14/h2-10,13,19H,11-12H2,1H3,(H,20,23)(H,21,22). The Kier molecular flexibility index (Phi) is 5.34. The van der Waals surface area contributed by atoms with Crippen LogP contribution in [0.4, 0.5) is 0 Å². The molecular formula is C18H20N4O3S. The molecule has 26 heavy (non-hydrogen) atoms. The monoisotopic (exact) mass is 372 g/mol. The molecule has 1 aromatic heterocycles. The Morgan fingerprint density at radius 2 is 1.81 bits per heavy atom. The van der Waals surface area contributed by atoms with Gasteiger partial charge in [-0.05, 0) is 31.2 Å². The normalized spacial score (nSPS) is 12.8. The van der Waals surface area contributed by atoms with Crippen molar-refractivity contribution in [3.63, 3.8) is 0 Å². The molecule has 8 heteroatoms. The zero-order valence-electron chi connectivity index (χ0n) is 14.3. The number of sulfonamides is 1. The van der Waals surface area contributed by atoms with E-state index in [2.05, 4.69) is 20.0 Å². The van der Waals surface area contributed by atoms with Gasteiger partial charge in [0.15, 0.2) is 0 Å². The number of hydrogen-bond donors (Lipinski definition) is 3. The Morgan fingerprint density at radius 1 is 1.12 bits per heavy atom.